The van der Waals surface area contributed by atoms with E-state index in [-0.39, 0.29) is 12.1 Å². The molecule has 0 fully saturated rings. The molecule has 0 bridgehead atoms. The van der Waals surface area contributed by atoms with Gasteiger partial charge in [0.05, 0.1) is 17.9 Å². The Kier molecular flexibility index (Phi) is 4.89. The zero-order chi connectivity index (χ0) is 20.5. The molecule has 0 aliphatic carbocycles. The minimum atomic E-state index is -0.151. The molecular weight excluding hydrogens is 390 g/mol. The van der Waals surface area contributed by atoms with Crippen LogP contribution in [0.4, 0.5) is 10.5 Å². The number of carbonyl (C=O) groups excluding carboxylic acids is 1. The van der Waals surface area contributed by atoms with Gasteiger partial charge in [-0.25, -0.2) is 4.79 Å². The van der Waals surface area contributed by atoms with E-state index in [2.05, 4.69) is 70.8 Å². The van der Waals surface area contributed by atoms with Gasteiger partial charge in [-0.05, 0) is 59.3 Å². The van der Waals surface area contributed by atoms with Crippen molar-refractivity contribution in [3.63, 3.8) is 0 Å². The van der Waals surface area contributed by atoms with E-state index in [0.717, 1.165) is 33.9 Å². The van der Waals surface area contributed by atoms with E-state index in [0.29, 0.717) is 6.54 Å². The predicted molar refractivity (Wildman–Crippen MR) is 122 cm³/mol. The third-order valence-corrected chi connectivity index (χ3v) is 6.58. The Morgan fingerprint density at radius 3 is 2.63 bits per heavy atom. The molecule has 1 aliphatic heterocycles. The number of para-hydroxylation sites is 1. The second-order valence-corrected chi connectivity index (χ2v) is 8.44. The Morgan fingerprint density at radius 2 is 1.87 bits per heavy atom. The molecule has 2 amide bonds. The minimum absolute atomic E-state index is 0.0953. The van der Waals surface area contributed by atoms with Crippen LogP contribution in [0.2, 0.25) is 0 Å². The molecule has 150 valence electrons. The van der Waals surface area contributed by atoms with Crippen molar-refractivity contribution < 1.29 is 4.79 Å². The molecule has 3 heterocycles. The molecule has 5 heteroatoms. The van der Waals surface area contributed by atoms with Crippen molar-refractivity contribution in [1.82, 2.24) is 9.47 Å². The van der Waals surface area contributed by atoms with Gasteiger partial charge in [-0.15, -0.1) is 11.3 Å². The summed E-state index contributed by atoms with van der Waals surface area (Å²) >= 11 is 1.68. The summed E-state index contributed by atoms with van der Waals surface area (Å²) in [5.74, 6) is 0. The molecule has 1 atom stereocenters. The van der Waals surface area contributed by atoms with Gasteiger partial charge in [0.15, 0.2) is 0 Å². The number of urea groups is 1. The highest BCUT2D eigenvalue weighted by Gasteiger charge is 2.33. The first-order chi connectivity index (χ1) is 14.7. The van der Waals surface area contributed by atoms with E-state index >= 15 is 0 Å². The Labute approximate surface area is 180 Å². The fourth-order valence-corrected chi connectivity index (χ4v) is 4.95. The second kappa shape index (κ2) is 7.84. The lowest BCUT2D eigenvalue weighted by Crippen LogP contribution is -2.37. The summed E-state index contributed by atoms with van der Waals surface area (Å²) in [5, 5.41) is 5.19. The van der Waals surface area contributed by atoms with Crippen molar-refractivity contribution in [1.29, 1.82) is 0 Å². The number of benzene rings is 2. The molecule has 0 radical (unpaired) electrons. The Balaban J connectivity index is 1.57. The van der Waals surface area contributed by atoms with Crippen molar-refractivity contribution in [2.45, 2.75) is 25.9 Å². The maximum atomic E-state index is 13.5. The minimum Gasteiger partial charge on any atom is -0.318 e. The summed E-state index contributed by atoms with van der Waals surface area (Å²) in [4.78, 5) is 16.6. The summed E-state index contributed by atoms with van der Waals surface area (Å²) in [5.41, 5.74) is 5.42. The number of thiophene rings is 1. The van der Waals surface area contributed by atoms with Crippen LogP contribution in [0, 0.1) is 0 Å². The van der Waals surface area contributed by atoms with Crippen LogP contribution in [0.15, 0.2) is 84.4 Å². The smallest absolute Gasteiger partial charge is 0.318 e. The SMILES string of the molecule is CCc1ccc(NC(=O)N2Cc3ccccc3-n3cccc3C2c2cccs2)cc1. The number of hydrogen-bond donors (Lipinski definition) is 1. The number of nitrogens with one attached hydrogen (secondary N) is 1. The van der Waals surface area contributed by atoms with Crippen LogP contribution in [0.25, 0.3) is 5.69 Å². The van der Waals surface area contributed by atoms with Crippen molar-refractivity contribution in [3.05, 3.63) is 106 Å². The lowest BCUT2D eigenvalue weighted by atomic mass is 10.1. The van der Waals surface area contributed by atoms with Gasteiger partial charge >= 0.3 is 6.03 Å². The lowest BCUT2D eigenvalue weighted by Gasteiger charge is -2.30. The van der Waals surface area contributed by atoms with E-state index in [4.69, 9.17) is 0 Å². The van der Waals surface area contributed by atoms with Gasteiger partial charge in [0.25, 0.3) is 0 Å². The molecule has 1 aliphatic rings. The summed E-state index contributed by atoms with van der Waals surface area (Å²) in [6.07, 6.45) is 3.06. The molecule has 2 aromatic carbocycles. The molecule has 4 nitrogen and oxygen atoms in total. The quantitative estimate of drug-likeness (QED) is 0.424. The largest absolute Gasteiger partial charge is 0.323 e. The molecule has 0 spiro atoms. The van der Waals surface area contributed by atoms with E-state index in [1.165, 1.54) is 5.56 Å². The maximum absolute atomic E-state index is 13.5. The molecule has 0 saturated heterocycles. The average Bonchev–Trinajstić information content (AvgIpc) is 3.45. The van der Waals surface area contributed by atoms with E-state index < -0.39 is 0 Å². The number of aromatic nitrogens is 1. The molecule has 5 rings (SSSR count). The number of carbonyl (C=O) groups is 1. The summed E-state index contributed by atoms with van der Waals surface area (Å²) in [7, 11) is 0. The molecule has 1 unspecified atom stereocenters. The highest BCUT2D eigenvalue weighted by Crippen LogP contribution is 2.38. The van der Waals surface area contributed by atoms with Crippen LogP contribution in [-0.4, -0.2) is 15.5 Å². The summed E-state index contributed by atoms with van der Waals surface area (Å²) < 4.78 is 2.21. The van der Waals surface area contributed by atoms with Crippen molar-refractivity contribution in [3.8, 4) is 5.69 Å². The monoisotopic (exact) mass is 413 g/mol. The number of nitrogens with zero attached hydrogens (tertiary/aromatic N) is 2. The van der Waals surface area contributed by atoms with Crippen molar-refractivity contribution >= 4 is 23.1 Å². The topological polar surface area (TPSA) is 37.3 Å². The van der Waals surface area contributed by atoms with Crippen LogP contribution in [0.5, 0.6) is 0 Å². The molecule has 4 aromatic rings. The Hall–Kier alpha value is -3.31. The van der Waals surface area contributed by atoms with Crippen molar-refractivity contribution in [2.75, 3.05) is 5.32 Å². The van der Waals surface area contributed by atoms with Crippen molar-refractivity contribution in [2.24, 2.45) is 0 Å². The van der Waals surface area contributed by atoms with Crippen LogP contribution < -0.4 is 5.32 Å². The van der Waals surface area contributed by atoms with Crippen LogP contribution in [0.1, 0.15) is 34.7 Å². The fourth-order valence-electron chi connectivity index (χ4n) is 4.10. The number of aryl methyl sites for hydroxylation is 1. The zero-order valence-corrected chi connectivity index (χ0v) is 17.6. The average molecular weight is 414 g/mol. The molecule has 30 heavy (non-hydrogen) atoms. The highest BCUT2D eigenvalue weighted by atomic mass is 32.1. The van der Waals surface area contributed by atoms with Gasteiger partial charge in [0.1, 0.15) is 6.04 Å². The Morgan fingerprint density at radius 1 is 1.03 bits per heavy atom. The third kappa shape index (κ3) is 3.31. The molecule has 1 N–H and O–H groups in total. The fraction of sp³-hybridized carbons (Fsp3) is 0.160. The molecule has 2 aromatic heterocycles. The van der Waals surface area contributed by atoms with Gasteiger partial charge < -0.3 is 14.8 Å². The van der Waals surface area contributed by atoms with Gasteiger partial charge in [-0.3, -0.25) is 0 Å². The number of rotatable bonds is 3. The number of fused-ring (bicyclic) bond motifs is 3. The van der Waals surface area contributed by atoms with E-state index in [1.807, 2.05) is 35.2 Å². The summed E-state index contributed by atoms with van der Waals surface area (Å²) in [6, 6.07) is 24.5. The summed E-state index contributed by atoms with van der Waals surface area (Å²) in [6.45, 7) is 2.67. The number of anilines is 1. The Bertz CT molecular complexity index is 1160. The van der Waals surface area contributed by atoms with E-state index in [9.17, 15) is 4.79 Å². The van der Waals surface area contributed by atoms with Crippen LogP contribution in [-0.2, 0) is 13.0 Å². The van der Waals surface area contributed by atoms with E-state index in [1.54, 1.807) is 11.3 Å². The molecule has 0 saturated carbocycles. The van der Waals surface area contributed by atoms with Gasteiger partial charge in [-0.2, -0.15) is 0 Å². The molecular formula is C25H23N3OS. The van der Waals surface area contributed by atoms with Crippen LogP contribution >= 0.6 is 11.3 Å². The zero-order valence-electron chi connectivity index (χ0n) is 16.8. The van der Waals surface area contributed by atoms with Crippen LogP contribution in [0.3, 0.4) is 0 Å². The van der Waals surface area contributed by atoms with Gasteiger partial charge in [0.2, 0.25) is 0 Å². The first kappa shape index (κ1) is 18.7. The number of hydrogen-bond acceptors (Lipinski definition) is 2. The highest BCUT2D eigenvalue weighted by molar-refractivity contribution is 7.10. The maximum Gasteiger partial charge on any atom is 0.323 e. The lowest BCUT2D eigenvalue weighted by molar-refractivity contribution is 0.195. The third-order valence-electron chi connectivity index (χ3n) is 5.65. The first-order valence-electron chi connectivity index (χ1n) is 10.2. The van der Waals surface area contributed by atoms with Gasteiger partial charge in [0, 0.05) is 16.8 Å². The van der Waals surface area contributed by atoms with Gasteiger partial charge in [-0.1, -0.05) is 43.3 Å². The second-order valence-electron chi connectivity index (χ2n) is 7.46. The first-order valence-corrected chi connectivity index (χ1v) is 11.1. The standard InChI is InChI=1S/C25H23N3OS/c1-2-18-11-13-20(14-12-18)26-25(29)28-17-19-7-3-4-8-21(19)27-15-5-9-22(27)24(28)23-10-6-16-30-23/h3-16,24H,2,17H2,1H3,(H,26,29). The normalized spacial score (nSPS) is 15.2. The number of amides is 2. The predicted octanol–water partition coefficient (Wildman–Crippen LogP) is 6.24.